The van der Waals surface area contributed by atoms with Crippen molar-refractivity contribution in [3.8, 4) is 0 Å². The molecule has 558 valence electrons. The molecule has 0 amide bonds. The summed E-state index contributed by atoms with van der Waals surface area (Å²) in [6, 6.07) is 0. The number of esters is 2. The fourth-order valence-corrected chi connectivity index (χ4v) is 12.8. The Kier molecular flexibility index (Phi) is 74.8. The second-order valence-corrected chi connectivity index (χ2v) is 29.8. The van der Waals surface area contributed by atoms with Crippen LogP contribution in [0.1, 0.15) is 425 Å². The number of ether oxygens (including phenoxy) is 4. The number of hydrogen-bond donors (Lipinski definition) is 1. The average molecular weight is 1340 g/mol. The van der Waals surface area contributed by atoms with E-state index in [1.165, 1.54) is 334 Å². The van der Waals surface area contributed by atoms with Crippen molar-refractivity contribution in [1.82, 2.24) is 0 Å². The molecule has 0 aliphatic carbocycles. The van der Waals surface area contributed by atoms with Crippen LogP contribution in [0.15, 0.2) is 48.6 Å². The molecular formula is C86H162NO8+. The van der Waals surface area contributed by atoms with E-state index < -0.39 is 18.4 Å². The number of likely N-dealkylation sites (N-methyl/N-ethyl adjacent to an activating group) is 1. The lowest BCUT2D eigenvalue weighted by atomic mass is 10.0. The van der Waals surface area contributed by atoms with Gasteiger partial charge in [-0.3, -0.25) is 9.59 Å². The molecule has 9 nitrogen and oxygen atoms in total. The zero-order valence-corrected chi connectivity index (χ0v) is 64.1. The second kappa shape index (κ2) is 77.0. The molecule has 0 aromatic rings. The molecule has 95 heavy (non-hydrogen) atoms. The van der Waals surface area contributed by atoms with Gasteiger partial charge in [0.25, 0.3) is 6.29 Å². The van der Waals surface area contributed by atoms with Crippen molar-refractivity contribution in [3.05, 3.63) is 48.6 Å². The van der Waals surface area contributed by atoms with E-state index >= 15 is 0 Å². The average Bonchev–Trinajstić information content (AvgIpc) is 2.86. The smallest absolute Gasteiger partial charge is 0.361 e. The zero-order chi connectivity index (χ0) is 69.0. The van der Waals surface area contributed by atoms with Crippen molar-refractivity contribution in [2.75, 3.05) is 47.5 Å². The molecule has 0 saturated heterocycles. The van der Waals surface area contributed by atoms with Crippen LogP contribution in [0.2, 0.25) is 0 Å². The highest BCUT2D eigenvalue weighted by Gasteiger charge is 2.25. The Morgan fingerprint density at radius 2 is 0.600 bits per heavy atom. The van der Waals surface area contributed by atoms with Gasteiger partial charge in [0.2, 0.25) is 0 Å². The Hall–Kier alpha value is -2.75. The minimum atomic E-state index is -1.51. The molecule has 0 fully saturated rings. The molecule has 0 bridgehead atoms. The number of allylic oxidation sites excluding steroid dienone is 8. The zero-order valence-electron chi connectivity index (χ0n) is 64.1. The van der Waals surface area contributed by atoms with Gasteiger partial charge in [0.05, 0.1) is 34.4 Å². The van der Waals surface area contributed by atoms with Gasteiger partial charge in [-0.25, -0.2) is 4.79 Å². The van der Waals surface area contributed by atoms with E-state index in [0.29, 0.717) is 17.4 Å². The van der Waals surface area contributed by atoms with Gasteiger partial charge in [-0.05, 0) is 51.4 Å². The highest BCUT2D eigenvalue weighted by molar-refractivity contribution is 5.71. The van der Waals surface area contributed by atoms with Crippen LogP contribution >= 0.6 is 0 Å². The van der Waals surface area contributed by atoms with Gasteiger partial charge in [-0.2, -0.15) is 0 Å². The molecule has 0 spiro atoms. The minimum absolute atomic E-state index is 0.177. The molecule has 0 aromatic heterocycles. The number of carboxylic acids is 1. The predicted molar refractivity (Wildman–Crippen MR) is 410 cm³/mol. The molecule has 0 rings (SSSR count). The Labute approximate surface area is 591 Å². The third-order valence-electron chi connectivity index (χ3n) is 19.1. The minimum Gasteiger partial charge on any atom is -0.477 e. The first kappa shape index (κ1) is 92.2. The van der Waals surface area contributed by atoms with Gasteiger partial charge < -0.3 is 28.5 Å². The van der Waals surface area contributed by atoms with Gasteiger partial charge in [0.1, 0.15) is 13.2 Å². The van der Waals surface area contributed by atoms with Crippen LogP contribution in [0.25, 0.3) is 0 Å². The topological polar surface area (TPSA) is 108 Å². The SMILES string of the molecule is CC/C=C\C/C=C\C/C=C\C/C=C\CCCCCCCCCCCCCCCCCCC(=O)OC(COC(=O)CCCCCCCCCCCCCCCCCCCCCCCCCCCCCCCCCCCCCCCCCCC)COC(OCC[N+](C)(C)C)C(=O)O. The van der Waals surface area contributed by atoms with E-state index in [9.17, 15) is 19.5 Å². The largest absolute Gasteiger partial charge is 0.477 e. The summed E-state index contributed by atoms with van der Waals surface area (Å²) in [7, 11) is 6.00. The molecule has 0 saturated carbocycles. The van der Waals surface area contributed by atoms with Crippen LogP contribution in [0.5, 0.6) is 0 Å². The van der Waals surface area contributed by atoms with Crippen molar-refractivity contribution < 1.29 is 42.9 Å². The van der Waals surface area contributed by atoms with Gasteiger partial charge >= 0.3 is 17.9 Å². The van der Waals surface area contributed by atoms with E-state index in [4.69, 9.17) is 18.9 Å². The maximum atomic E-state index is 13.0. The monoisotopic (exact) mass is 1340 g/mol. The summed E-state index contributed by atoms with van der Waals surface area (Å²) in [5.74, 6) is -1.97. The predicted octanol–water partition coefficient (Wildman–Crippen LogP) is 26.8. The summed E-state index contributed by atoms with van der Waals surface area (Å²) in [6.07, 6.45) is 98.7. The summed E-state index contributed by atoms with van der Waals surface area (Å²) in [6.45, 7) is 4.84. The Morgan fingerprint density at radius 1 is 0.326 bits per heavy atom. The summed E-state index contributed by atoms with van der Waals surface area (Å²) in [4.78, 5) is 37.7. The highest BCUT2D eigenvalue weighted by atomic mass is 16.7. The van der Waals surface area contributed by atoms with Crippen LogP contribution in [-0.4, -0.2) is 87.4 Å². The van der Waals surface area contributed by atoms with E-state index in [0.717, 1.165) is 64.2 Å². The van der Waals surface area contributed by atoms with E-state index in [1.54, 1.807) is 0 Å². The summed E-state index contributed by atoms with van der Waals surface area (Å²) < 4.78 is 23.1. The normalized spacial score (nSPS) is 12.8. The van der Waals surface area contributed by atoms with E-state index in [-0.39, 0.29) is 38.2 Å². The van der Waals surface area contributed by atoms with Gasteiger partial charge in [-0.1, -0.05) is 409 Å². The van der Waals surface area contributed by atoms with Crippen molar-refractivity contribution in [1.29, 1.82) is 0 Å². The lowest BCUT2D eigenvalue weighted by Crippen LogP contribution is -2.40. The summed E-state index contributed by atoms with van der Waals surface area (Å²) >= 11 is 0. The highest BCUT2D eigenvalue weighted by Crippen LogP contribution is 2.21. The number of unbranched alkanes of at least 4 members (excludes halogenated alkanes) is 56. The molecular weight excluding hydrogens is 1170 g/mol. The standard InChI is InChI=1S/C86H161NO8/c1-6-8-10-12-14-16-18-20-22-24-26-28-30-32-34-36-37-38-39-40-41-42-43-44-45-46-47-49-50-52-54-56-58-60-62-64-66-68-70-72-74-76-83(88)93-80-82(81-94-86(85(90)91)92-79-78-87(3,4)5)95-84(89)77-75-73-71-69-67-65-63-61-59-57-55-53-51-48-35-33-31-29-27-25-23-21-19-17-15-13-11-9-7-2/h9,11,15,17,21,23,27,29,82,86H,6-8,10,12-14,16,18-20,22,24-26,28,30-81H2,1-5H3/p+1/b11-9-,17-15-,23-21-,29-27-. The molecule has 0 aliphatic rings. The van der Waals surface area contributed by atoms with Crippen molar-refractivity contribution in [2.45, 2.75) is 437 Å². The summed E-state index contributed by atoms with van der Waals surface area (Å²) in [5, 5.41) is 9.78. The Morgan fingerprint density at radius 3 is 0.895 bits per heavy atom. The fraction of sp³-hybridized carbons (Fsp3) is 0.872. The van der Waals surface area contributed by atoms with Gasteiger partial charge in [0, 0.05) is 12.8 Å². The van der Waals surface area contributed by atoms with Crippen molar-refractivity contribution in [3.63, 3.8) is 0 Å². The van der Waals surface area contributed by atoms with Crippen LogP contribution in [0.3, 0.4) is 0 Å². The number of carbonyl (C=O) groups is 3. The van der Waals surface area contributed by atoms with Crippen molar-refractivity contribution in [2.24, 2.45) is 0 Å². The summed E-state index contributed by atoms with van der Waals surface area (Å²) in [5.41, 5.74) is 0. The molecule has 9 heteroatoms. The number of hydrogen-bond acceptors (Lipinski definition) is 7. The Bertz CT molecular complexity index is 1700. The number of quaternary nitrogens is 1. The second-order valence-electron chi connectivity index (χ2n) is 29.8. The maximum absolute atomic E-state index is 13.0. The molecule has 2 atom stereocenters. The number of nitrogens with zero attached hydrogens (tertiary/aromatic N) is 1. The first-order valence-corrected chi connectivity index (χ1v) is 41.8. The molecule has 0 radical (unpaired) electrons. The molecule has 2 unspecified atom stereocenters. The third kappa shape index (κ3) is 78.5. The third-order valence-corrected chi connectivity index (χ3v) is 19.1. The van der Waals surface area contributed by atoms with E-state index in [1.807, 2.05) is 21.1 Å². The number of aliphatic carboxylic acids is 1. The van der Waals surface area contributed by atoms with E-state index in [2.05, 4.69) is 62.5 Å². The van der Waals surface area contributed by atoms with Crippen LogP contribution < -0.4 is 0 Å². The fourth-order valence-electron chi connectivity index (χ4n) is 12.8. The number of carbonyl (C=O) groups excluding carboxylic acids is 2. The molecule has 1 N–H and O–H groups in total. The van der Waals surface area contributed by atoms with Gasteiger partial charge in [0.15, 0.2) is 6.10 Å². The molecule has 0 aliphatic heterocycles. The van der Waals surface area contributed by atoms with Crippen molar-refractivity contribution >= 4 is 17.9 Å². The number of carboxylic acid groups (broad SMARTS) is 1. The Balaban J connectivity index is 3.91. The van der Waals surface area contributed by atoms with Crippen LogP contribution in [0.4, 0.5) is 0 Å². The first-order chi connectivity index (χ1) is 46.6. The molecule has 0 heterocycles. The maximum Gasteiger partial charge on any atom is 0.361 e. The van der Waals surface area contributed by atoms with Gasteiger partial charge in [-0.15, -0.1) is 0 Å². The lowest BCUT2D eigenvalue weighted by Gasteiger charge is -2.25. The first-order valence-electron chi connectivity index (χ1n) is 41.8. The quantitative estimate of drug-likeness (QED) is 0.0211. The lowest BCUT2D eigenvalue weighted by molar-refractivity contribution is -0.870. The number of rotatable bonds is 79. The van der Waals surface area contributed by atoms with Crippen LogP contribution in [-0.2, 0) is 33.3 Å². The molecule has 0 aromatic carbocycles. The van der Waals surface area contributed by atoms with Crippen LogP contribution in [0, 0.1) is 0 Å².